The van der Waals surface area contributed by atoms with Crippen LogP contribution in [0.25, 0.3) is 0 Å². The highest BCUT2D eigenvalue weighted by molar-refractivity contribution is 5.95. The molecular formula is C22H28N2O4. The zero-order chi connectivity index (χ0) is 20.5. The Hall–Kier alpha value is -3.02. The first-order valence-electron chi connectivity index (χ1n) is 9.47. The maximum atomic E-state index is 12.2. The van der Waals surface area contributed by atoms with Gasteiger partial charge in [-0.15, -0.1) is 0 Å². The van der Waals surface area contributed by atoms with Gasteiger partial charge in [0, 0.05) is 5.56 Å². The van der Waals surface area contributed by atoms with E-state index in [1.807, 2.05) is 24.3 Å². The van der Waals surface area contributed by atoms with E-state index < -0.39 is 17.9 Å². The molecule has 1 atom stereocenters. The summed E-state index contributed by atoms with van der Waals surface area (Å²) in [5.41, 5.74) is 6.39. The molecule has 2 N–H and O–H groups in total. The Kier molecular flexibility index (Phi) is 7.87. The van der Waals surface area contributed by atoms with E-state index in [4.69, 9.17) is 9.47 Å². The normalized spacial score (nSPS) is 11.6. The number of hydrogen-bond acceptors (Lipinski definition) is 4. The molecular weight excluding hydrogens is 356 g/mol. The minimum atomic E-state index is -0.750. The van der Waals surface area contributed by atoms with E-state index in [2.05, 4.69) is 31.6 Å². The smallest absolute Gasteiger partial charge is 0.279 e. The van der Waals surface area contributed by atoms with Gasteiger partial charge in [0.15, 0.2) is 6.10 Å². The molecule has 2 aromatic rings. The second-order valence-electron chi connectivity index (χ2n) is 6.93. The summed E-state index contributed by atoms with van der Waals surface area (Å²) >= 11 is 0. The minimum Gasteiger partial charge on any atom is -0.493 e. The predicted molar refractivity (Wildman–Crippen MR) is 108 cm³/mol. The first-order valence-corrected chi connectivity index (χ1v) is 9.47. The zero-order valence-electron chi connectivity index (χ0n) is 16.8. The van der Waals surface area contributed by atoms with E-state index in [1.165, 1.54) is 5.56 Å². The van der Waals surface area contributed by atoms with E-state index in [-0.39, 0.29) is 0 Å². The van der Waals surface area contributed by atoms with Gasteiger partial charge in [0.1, 0.15) is 11.5 Å². The van der Waals surface area contributed by atoms with Crippen LogP contribution in [0.5, 0.6) is 11.5 Å². The van der Waals surface area contributed by atoms with Crippen LogP contribution in [-0.4, -0.2) is 24.5 Å². The maximum Gasteiger partial charge on any atom is 0.279 e. The number of benzene rings is 2. The highest BCUT2D eigenvalue weighted by atomic mass is 16.5. The molecule has 0 radical (unpaired) electrons. The van der Waals surface area contributed by atoms with Crippen LogP contribution < -0.4 is 20.3 Å². The average Bonchev–Trinajstić information content (AvgIpc) is 2.71. The highest BCUT2D eigenvalue weighted by Gasteiger charge is 2.16. The van der Waals surface area contributed by atoms with Crippen molar-refractivity contribution < 1.29 is 19.1 Å². The minimum absolute atomic E-state index is 0.414. The van der Waals surface area contributed by atoms with Crippen molar-refractivity contribution in [2.45, 2.75) is 40.2 Å². The van der Waals surface area contributed by atoms with Crippen LogP contribution in [0.3, 0.4) is 0 Å². The molecule has 0 aliphatic rings. The number of amides is 2. The van der Waals surface area contributed by atoms with Crippen LogP contribution in [-0.2, 0) is 11.2 Å². The summed E-state index contributed by atoms with van der Waals surface area (Å²) in [7, 11) is 0. The highest BCUT2D eigenvalue weighted by Crippen LogP contribution is 2.15. The van der Waals surface area contributed by atoms with E-state index in [0.29, 0.717) is 29.6 Å². The first kappa shape index (κ1) is 21.3. The Bertz CT molecular complexity index is 770. The molecule has 0 saturated carbocycles. The van der Waals surface area contributed by atoms with Gasteiger partial charge in [-0.3, -0.25) is 20.4 Å². The Morgan fingerprint density at radius 3 is 2.07 bits per heavy atom. The van der Waals surface area contributed by atoms with Crippen molar-refractivity contribution >= 4 is 11.8 Å². The van der Waals surface area contributed by atoms with Crippen LogP contribution >= 0.6 is 0 Å². The topological polar surface area (TPSA) is 76.7 Å². The molecule has 0 spiro atoms. The molecule has 0 fully saturated rings. The van der Waals surface area contributed by atoms with E-state index >= 15 is 0 Å². The molecule has 2 amide bonds. The Morgan fingerprint density at radius 1 is 0.893 bits per heavy atom. The Labute approximate surface area is 166 Å². The SMILES string of the molecule is CCc1ccc(OC(C)C(=O)NNC(=O)c2ccc(OCC(C)C)cc2)cc1. The molecule has 2 rings (SSSR count). The summed E-state index contributed by atoms with van der Waals surface area (Å²) in [5.74, 6) is 0.869. The second kappa shape index (κ2) is 10.3. The lowest BCUT2D eigenvalue weighted by Crippen LogP contribution is -2.47. The molecule has 6 heteroatoms. The predicted octanol–water partition coefficient (Wildman–Crippen LogP) is 3.51. The van der Waals surface area contributed by atoms with Gasteiger partial charge in [-0.25, -0.2) is 0 Å². The number of aryl methyl sites for hydroxylation is 1. The van der Waals surface area contributed by atoms with Crippen LogP contribution in [0.1, 0.15) is 43.6 Å². The molecule has 0 heterocycles. The number of carbonyl (C=O) groups excluding carboxylic acids is 2. The number of ether oxygens (including phenoxy) is 2. The molecule has 6 nitrogen and oxygen atoms in total. The molecule has 0 aliphatic carbocycles. The molecule has 0 saturated heterocycles. The van der Waals surface area contributed by atoms with Gasteiger partial charge in [0.2, 0.25) is 0 Å². The van der Waals surface area contributed by atoms with Gasteiger partial charge in [-0.05, 0) is 61.2 Å². The molecule has 0 aromatic heterocycles. The largest absolute Gasteiger partial charge is 0.493 e. The van der Waals surface area contributed by atoms with Crippen LogP contribution in [0.4, 0.5) is 0 Å². The van der Waals surface area contributed by atoms with Crippen molar-refractivity contribution in [1.29, 1.82) is 0 Å². The van der Waals surface area contributed by atoms with Gasteiger partial charge >= 0.3 is 0 Å². The summed E-state index contributed by atoms with van der Waals surface area (Å²) in [4.78, 5) is 24.3. The molecule has 1 unspecified atom stereocenters. The lowest BCUT2D eigenvalue weighted by molar-refractivity contribution is -0.128. The summed E-state index contributed by atoms with van der Waals surface area (Å²) in [6.45, 7) is 8.43. The van der Waals surface area contributed by atoms with Crippen LogP contribution in [0.15, 0.2) is 48.5 Å². The number of rotatable bonds is 8. The fourth-order valence-corrected chi connectivity index (χ4v) is 2.32. The first-order chi connectivity index (χ1) is 13.4. The number of hydrazine groups is 1. The van der Waals surface area contributed by atoms with Crippen molar-refractivity contribution in [2.24, 2.45) is 5.92 Å². The maximum absolute atomic E-state index is 12.2. The Morgan fingerprint density at radius 2 is 1.50 bits per heavy atom. The summed E-state index contributed by atoms with van der Waals surface area (Å²) in [6, 6.07) is 14.3. The van der Waals surface area contributed by atoms with E-state index in [1.54, 1.807) is 31.2 Å². The lowest BCUT2D eigenvalue weighted by Gasteiger charge is -2.15. The molecule has 2 aromatic carbocycles. The van der Waals surface area contributed by atoms with E-state index in [9.17, 15) is 9.59 Å². The molecule has 28 heavy (non-hydrogen) atoms. The van der Waals surface area contributed by atoms with Crippen molar-refractivity contribution in [3.63, 3.8) is 0 Å². The van der Waals surface area contributed by atoms with Crippen molar-refractivity contribution in [1.82, 2.24) is 10.9 Å². The fraction of sp³-hybridized carbons (Fsp3) is 0.364. The third kappa shape index (κ3) is 6.61. The molecule has 0 bridgehead atoms. The van der Waals surface area contributed by atoms with Gasteiger partial charge in [-0.2, -0.15) is 0 Å². The van der Waals surface area contributed by atoms with Crippen molar-refractivity contribution in [2.75, 3.05) is 6.61 Å². The monoisotopic (exact) mass is 384 g/mol. The van der Waals surface area contributed by atoms with E-state index in [0.717, 1.165) is 6.42 Å². The molecule has 0 aliphatic heterocycles. The standard InChI is InChI=1S/C22H28N2O4/c1-5-17-6-10-20(11-7-17)28-16(4)21(25)23-24-22(26)18-8-12-19(13-9-18)27-14-15(2)3/h6-13,15-16H,5,14H2,1-4H3,(H,23,25)(H,24,26). The fourth-order valence-electron chi connectivity index (χ4n) is 2.32. The van der Waals surface area contributed by atoms with Crippen LogP contribution in [0, 0.1) is 5.92 Å². The Balaban J connectivity index is 1.81. The van der Waals surface area contributed by atoms with Gasteiger partial charge in [0.25, 0.3) is 11.8 Å². The quantitative estimate of drug-likeness (QED) is 0.683. The van der Waals surface area contributed by atoms with Crippen molar-refractivity contribution in [3.8, 4) is 11.5 Å². The average molecular weight is 384 g/mol. The summed E-state index contributed by atoms with van der Waals surface area (Å²) < 4.78 is 11.2. The van der Waals surface area contributed by atoms with Crippen LogP contribution in [0.2, 0.25) is 0 Å². The summed E-state index contributed by atoms with van der Waals surface area (Å²) in [6.07, 6.45) is 0.187. The third-order valence-corrected chi connectivity index (χ3v) is 4.01. The zero-order valence-corrected chi connectivity index (χ0v) is 16.8. The second-order valence-corrected chi connectivity index (χ2v) is 6.93. The third-order valence-electron chi connectivity index (χ3n) is 4.01. The van der Waals surface area contributed by atoms with Gasteiger partial charge in [-0.1, -0.05) is 32.9 Å². The van der Waals surface area contributed by atoms with Crippen molar-refractivity contribution in [3.05, 3.63) is 59.7 Å². The lowest BCUT2D eigenvalue weighted by atomic mass is 10.2. The molecule has 150 valence electrons. The van der Waals surface area contributed by atoms with Gasteiger partial charge < -0.3 is 9.47 Å². The number of nitrogens with one attached hydrogen (secondary N) is 2. The van der Waals surface area contributed by atoms with Gasteiger partial charge in [0.05, 0.1) is 6.61 Å². The summed E-state index contributed by atoms with van der Waals surface area (Å²) in [5, 5.41) is 0. The number of carbonyl (C=O) groups is 2. The number of hydrogen-bond donors (Lipinski definition) is 2.